The standard InChI is InChI=1S/C15H10F4O2/c16-8-1-2-9-12(20)6-13(21-14(9)5-8)7-3-10(17)15(19)11(18)4-7/h1-5,12-13,20H,6H2/t12-,13?/m0/s1. The molecule has 21 heavy (non-hydrogen) atoms. The fourth-order valence-corrected chi connectivity index (χ4v) is 2.38. The fraction of sp³-hybridized carbons (Fsp3) is 0.200. The third-order valence-corrected chi connectivity index (χ3v) is 3.42. The topological polar surface area (TPSA) is 29.5 Å². The summed E-state index contributed by atoms with van der Waals surface area (Å²) in [5.74, 6) is -4.70. The molecule has 0 aliphatic carbocycles. The zero-order valence-corrected chi connectivity index (χ0v) is 10.6. The van der Waals surface area contributed by atoms with Crippen LogP contribution in [0.4, 0.5) is 17.6 Å². The molecule has 0 aromatic heterocycles. The van der Waals surface area contributed by atoms with Crippen molar-refractivity contribution in [2.45, 2.75) is 18.6 Å². The molecule has 1 N–H and O–H groups in total. The lowest BCUT2D eigenvalue weighted by Crippen LogP contribution is -2.19. The van der Waals surface area contributed by atoms with Gasteiger partial charge in [0, 0.05) is 18.1 Å². The number of aliphatic hydroxyl groups excluding tert-OH is 1. The van der Waals surface area contributed by atoms with E-state index >= 15 is 0 Å². The lowest BCUT2D eigenvalue weighted by Gasteiger charge is -2.30. The van der Waals surface area contributed by atoms with Gasteiger partial charge in [-0.05, 0) is 29.8 Å². The van der Waals surface area contributed by atoms with Gasteiger partial charge in [-0.1, -0.05) is 0 Å². The van der Waals surface area contributed by atoms with Crippen molar-refractivity contribution in [3.8, 4) is 5.75 Å². The van der Waals surface area contributed by atoms with Crippen LogP contribution in [0.1, 0.15) is 29.8 Å². The molecule has 2 atom stereocenters. The van der Waals surface area contributed by atoms with Gasteiger partial charge in [0.05, 0.1) is 6.10 Å². The molecule has 0 radical (unpaired) electrons. The molecule has 0 amide bonds. The quantitative estimate of drug-likeness (QED) is 0.641. The van der Waals surface area contributed by atoms with E-state index in [9.17, 15) is 22.7 Å². The lowest BCUT2D eigenvalue weighted by atomic mass is 9.95. The SMILES string of the molecule is O[C@H]1CC(c2cc(F)c(F)c(F)c2)Oc2cc(F)ccc21. The summed E-state index contributed by atoms with van der Waals surface area (Å²) >= 11 is 0. The van der Waals surface area contributed by atoms with E-state index in [1.807, 2.05) is 0 Å². The zero-order valence-electron chi connectivity index (χ0n) is 10.6. The van der Waals surface area contributed by atoms with E-state index in [4.69, 9.17) is 4.74 Å². The second kappa shape index (κ2) is 5.04. The molecule has 3 rings (SSSR count). The molecule has 2 aromatic rings. The minimum Gasteiger partial charge on any atom is -0.485 e. The summed E-state index contributed by atoms with van der Waals surface area (Å²) in [5.41, 5.74) is 0.441. The van der Waals surface area contributed by atoms with Crippen molar-refractivity contribution in [2.75, 3.05) is 0 Å². The van der Waals surface area contributed by atoms with E-state index in [2.05, 4.69) is 0 Å². The van der Waals surface area contributed by atoms with Crippen LogP contribution in [0.3, 0.4) is 0 Å². The van der Waals surface area contributed by atoms with Crippen LogP contribution in [-0.2, 0) is 0 Å². The van der Waals surface area contributed by atoms with E-state index < -0.39 is 35.5 Å². The van der Waals surface area contributed by atoms with E-state index in [0.717, 1.165) is 18.2 Å². The number of hydrogen-bond acceptors (Lipinski definition) is 2. The van der Waals surface area contributed by atoms with Crippen molar-refractivity contribution in [3.05, 3.63) is 64.7 Å². The molecule has 0 spiro atoms. The summed E-state index contributed by atoms with van der Waals surface area (Å²) in [7, 11) is 0. The molecule has 6 heteroatoms. The van der Waals surface area contributed by atoms with Gasteiger partial charge in [-0.2, -0.15) is 0 Å². The number of benzene rings is 2. The highest BCUT2D eigenvalue weighted by atomic mass is 19.2. The third kappa shape index (κ3) is 2.47. The number of halogens is 4. The summed E-state index contributed by atoms with van der Waals surface area (Å²) in [5, 5.41) is 10.0. The van der Waals surface area contributed by atoms with Gasteiger partial charge in [0.1, 0.15) is 17.7 Å². The molecule has 0 saturated heterocycles. The molecule has 0 fully saturated rings. The van der Waals surface area contributed by atoms with Crippen LogP contribution < -0.4 is 4.74 Å². The van der Waals surface area contributed by atoms with Crippen molar-refractivity contribution in [2.24, 2.45) is 0 Å². The average molecular weight is 298 g/mol. The van der Waals surface area contributed by atoms with E-state index in [1.54, 1.807) is 0 Å². The highest BCUT2D eigenvalue weighted by molar-refractivity contribution is 5.39. The first-order valence-electron chi connectivity index (χ1n) is 6.24. The van der Waals surface area contributed by atoms with Gasteiger partial charge >= 0.3 is 0 Å². The molecule has 110 valence electrons. The van der Waals surface area contributed by atoms with Gasteiger partial charge in [-0.3, -0.25) is 0 Å². The molecule has 2 aromatic carbocycles. The maximum Gasteiger partial charge on any atom is 0.194 e. The molecule has 1 heterocycles. The summed E-state index contributed by atoms with van der Waals surface area (Å²) in [6.45, 7) is 0. The van der Waals surface area contributed by atoms with Crippen LogP contribution in [0.25, 0.3) is 0 Å². The van der Waals surface area contributed by atoms with Crippen molar-refractivity contribution in [3.63, 3.8) is 0 Å². The smallest absolute Gasteiger partial charge is 0.194 e. The summed E-state index contributed by atoms with van der Waals surface area (Å²) in [4.78, 5) is 0. The Bertz CT molecular complexity index is 679. The van der Waals surface area contributed by atoms with Crippen LogP contribution in [0, 0.1) is 23.3 Å². The number of fused-ring (bicyclic) bond motifs is 1. The maximum atomic E-state index is 13.3. The molecule has 0 bridgehead atoms. The van der Waals surface area contributed by atoms with Gasteiger partial charge in [-0.25, -0.2) is 17.6 Å². The predicted octanol–water partition coefficient (Wildman–Crippen LogP) is 3.80. The Kier molecular flexibility index (Phi) is 3.33. The maximum absolute atomic E-state index is 13.3. The first kappa shape index (κ1) is 13.9. The Hall–Kier alpha value is -2.08. The van der Waals surface area contributed by atoms with Crippen LogP contribution in [0.5, 0.6) is 5.75 Å². The summed E-state index contributed by atoms with van der Waals surface area (Å²) in [6, 6.07) is 5.27. The number of hydrogen-bond donors (Lipinski definition) is 1. The number of ether oxygens (including phenoxy) is 1. The molecule has 2 nitrogen and oxygen atoms in total. The average Bonchev–Trinajstić information content (AvgIpc) is 2.43. The first-order chi connectivity index (χ1) is 9.95. The Morgan fingerprint density at radius 1 is 1.00 bits per heavy atom. The highest BCUT2D eigenvalue weighted by Crippen LogP contribution is 2.41. The van der Waals surface area contributed by atoms with Crippen LogP contribution >= 0.6 is 0 Å². The van der Waals surface area contributed by atoms with E-state index in [-0.39, 0.29) is 17.7 Å². The Labute approximate surface area is 117 Å². The monoisotopic (exact) mass is 298 g/mol. The number of rotatable bonds is 1. The predicted molar refractivity (Wildman–Crippen MR) is 65.7 cm³/mol. The number of aliphatic hydroxyl groups is 1. The van der Waals surface area contributed by atoms with Gasteiger partial charge < -0.3 is 9.84 Å². The van der Waals surface area contributed by atoms with Crippen molar-refractivity contribution < 1.29 is 27.4 Å². The molecule has 1 unspecified atom stereocenters. The Morgan fingerprint density at radius 2 is 1.67 bits per heavy atom. The van der Waals surface area contributed by atoms with Crippen LogP contribution in [0.15, 0.2) is 30.3 Å². The Balaban J connectivity index is 1.99. The minimum absolute atomic E-state index is 0.0309. The van der Waals surface area contributed by atoms with Gasteiger partial charge in [0.2, 0.25) is 0 Å². The fourth-order valence-electron chi connectivity index (χ4n) is 2.38. The zero-order chi connectivity index (χ0) is 15.1. The van der Waals surface area contributed by atoms with Crippen molar-refractivity contribution >= 4 is 0 Å². The first-order valence-corrected chi connectivity index (χ1v) is 6.24. The van der Waals surface area contributed by atoms with E-state index in [0.29, 0.717) is 5.56 Å². The molecule has 0 saturated carbocycles. The van der Waals surface area contributed by atoms with Crippen LogP contribution in [0.2, 0.25) is 0 Å². The van der Waals surface area contributed by atoms with Gasteiger partial charge in [0.25, 0.3) is 0 Å². The second-order valence-electron chi connectivity index (χ2n) is 4.84. The van der Waals surface area contributed by atoms with Crippen molar-refractivity contribution in [1.29, 1.82) is 0 Å². The Morgan fingerprint density at radius 3 is 2.33 bits per heavy atom. The van der Waals surface area contributed by atoms with Crippen LogP contribution in [-0.4, -0.2) is 5.11 Å². The van der Waals surface area contributed by atoms with Crippen molar-refractivity contribution in [1.82, 2.24) is 0 Å². The molecule has 1 aliphatic rings. The third-order valence-electron chi connectivity index (χ3n) is 3.42. The lowest BCUT2D eigenvalue weighted by molar-refractivity contribution is 0.0649. The normalized spacial score (nSPS) is 20.8. The highest BCUT2D eigenvalue weighted by Gasteiger charge is 2.29. The second-order valence-corrected chi connectivity index (χ2v) is 4.84. The minimum atomic E-state index is -1.57. The molecular weight excluding hydrogens is 288 g/mol. The summed E-state index contributed by atoms with van der Waals surface area (Å²) < 4.78 is 58.1. The molecular formula is C15H10F4O2. The largest absolute Gasteiger partial charge is 0.485 e. The summed E-state index contributed by atoms with van der Waals surface area (Å²) in [6.07, 6.45) is -1.82. The van der Waals surface area contributed by atoms with Gasteiger partial charge in [0.15, 0.2) is 17.5 Å². The van der Waals surface area contributed by atoms with E-state index in [1.165, 1.54) is 12.1 Å². The van der Waals surface area contributed by atoms with Gasteiger partial charge in [-0.15, -0.1) is 0 Å². The molecule has 1 aliphatic heterocycles.